The highest BCUT2D eigenvalue weighted by Crippen LogP contribution is 2.26. The van der Waals surface area contributed by atoms with Gasteiger partial charge < -0.3 is 10.5 Å². The highest BCUT2D eigenvalue weighted by atomic mass is 32.2. The monoisotopic (exact) mass is 493 g/mol. The van der Waals surface area contributed by atoms with Crippen molar-refractivity contribution < 1.29 is 17.9 Å². The molecule has 0 spiro atoms. The van der Waals surface area contributed by atoms with Crippen LogP contribution >= 0.6 is 0 Å². The maximum atomic E-state index is 13.1. The van der Waals surface area contributed by atoms with Gasteiger partial charge in [-0.25, -0.2) is 28.2 Å². The van der Waals surface area contributed by atoms with Crippen LogP contribution in [0.2, 0.25) is 0 Å². The third kappa shape index (κ3) is 5.04. The van der Waals surface area contributed by atoms with Gasteiger partial charge in [0.1, 0.15) is 11.4 Å². The molecule has 35 heavy (non-hydrogen) atoms. The van der Waals surface area contributed by atoms with E-state index in [1.807, 2.05) is 0 Å². The van der Waals surface area contributed by atoms with Gasteiger partial charge in [0, 0.05) is 30.1 Å². The minimum Gasteiger partial charge on any atom is -0.497 e. The quantitative estimate of drug-likeness (QED) is 0.351. The van der Waals surface area contributed by atoms with E-state index in [2.05, 4.69) is 20.4 Å². The number of anilines is 1. The molecule has 0 aliphatic carbocycles. The molecule has 0 saturated carbocycles. The number of carbonyl (C=O) groups is 1. The molecule has 12 heteroatoms. The van der Waals surface area contributed by atoms with Crippen LogP contribution in [0.4, 0.5) is 5.95 Å². The molecule has 0 aliphatic rings. The second-order valence-electron chi connectivity index (χ2n) is 7.57. The average molecular weight is 494 g/mol. The van der Waals surface area contributed by atoms with Gasteiger partial charge in [-0.1, -0.05) is 18.2 Å². The number of rotatable bonds is 7. The Morgan fingerprint density at radius 3 is 2.49 bits per heavy atom. The van der Waals surface area contributed by atoms with E-state index in [1.54, 1.807) is 56.5 Å². The maximum absolute atomic E-state index is 13.1. The number of carbonyl (C=O) groups excluding carboxylic acids is 1. The molecule has 0 aliphatic heterocycles. The number of nitrogens with one attached hydrogen (secondary N) is 1. The molecule has 5 N–H and O–H groups in total. The summed E-state index contributed by atoms with van der Waals surface area (Å²) in [5.41, 5.74) is 8.97. The van der Waals surface area contributed by atoms with Crippen molar-refractivity contribution in [2.24, 2.45) is 10.9 Å². The molecule has 4 aromatic rings. The number of ether oxygens (including phenoxy) is 1. The van der Waals surface area contributed by atoms with Gasteiger partial charge in [0.25, 0.3) is 5.91 Å². The van der Waals surface area contributed by atoms with Crippen molar-refractivity contribution in [1.82, 2.24) is 19.7 Å². The van der Waals surface area contributed by atoms with E-state index in [4.69, 9.17) is 15.6 Å². The molecule has 0 fully saturated rings. The molecule has 11 nitrogen and oxygen atoms in total. The Kier molecular flexibility index (Phi) is 6.60. The van der Waals surface area contributed by atoms with Gasteiger partial charge in [-0.15, -0.1) is 0 Å². The number of aryl methyl sites for hydroxylation is 1. The standard InChI is InChI=1S/C23H23N7O4S/c1-14-9-20(30(29-14)19-8-7-17(34-2)10-15(19)11-24)22(31)28-23-26-12-16(13-27-23)18-5-3-4-6-21(18)35(25,32)33/h3-10,12-13H,11,24H2,1-2H3,(H2,25,32,33)(H,26,27,28,31). The molecule has 2 heterocycles. The number of hydrogen-bond acceptors (Lipinski definition) is 8. The van der Waals surface area contributed by atoms with E-state index in [1.165, 1.54) is 23.1 Å². The van der Waals surface area contributed by atoms with Crippen molar-refractivity contribution in [3.05, 3.63) is 77.9 Å². The summed E-state index contributed by atoms with van der Waals surface area (Å²) in [5.74, 6) is 0.190. The number of aromatic nitrogens is 4. The minimum atomic E-state index is -3.94. The van der Waals surface area contributed by atoms with E-state index in [0.29, 0.717) is 28.3 Å². The zero-order chi connectivity index (χ0) is 25.2. The molecule has 0 bridgehead atoms. The van der Waals surface area contributed by atoms with Crippen molar-refractivity contribution in [1.29, 1.82) is 0 Å². The van der Waals surface area contributed by atoms with Crippen LogP contribution in [-0.4, -0.2) is 41.2 Å². The number of hydrogen-bond donors (Lipinski definition) is 3. The molecular weight excluding hydrogens is 470 g/mol. The fourth-order valence-corrected chi connectivity index (χ4v) is 4.31. The predicted octanol–water partition coefficient (Wildman–Crippen LogP) is 2.00. The summed E-state index contributed by atoms with van der Waals surface area (Å²) in [6.45, 7) is 1.99. The lowest BCUT2D eigenvalue weighted by Crippen LogP contribution is -2.19. The fraction of sp³-hybridized carbons (Fsp3) is 0.130. The van der Waals surface area contributed by atoms with Gasteiger partial charge in [0.15, 0.2) is 0 Å². The van der Waals surface area contributed by atoms with Crippen LogP contribution in [0.25, 0.3) is 16.8 Å². The van der Waals surface area contributed by atoms with Gasteiger partial charge >= 0.3 is 0 Å². The third-order valence-corrected chi connectivity index (χ3v) is 6.15. The number of benzene rings is 2. The van der Waals surface area contributed by atoms with E-state index in [-0.39, 0.29) is 23.1 Å². The lowest BCUT2D eigenvalue weighted by atomic mass is 10.1. The summed E-state index contributed by atoms with van der Waals surface area (Å²) in [6, 6.07) is 13.2. The van der Waals surface area contributed by atoms with E-state index in [0.717, 1.165) is 5.56 Å². The van der Waals surface area contributed by atoms with Crippen molar-refractivity contribution in [3.63, 3.8) is 0 Å². The Hall–Kier alpha value is -4.13. The van der Waals surface area contributed by atoms with E-state index >= 15 is 0 Å². The van der Waals surface area contributed by atoms with Crippen molar-refractivity contribution in [2.45, 2.75) is 18.4 Å². The molecule has 0 saturated heterocycles. The molecule has 1 amide bonds. The Morgan fingerprint density at radius 2 is 1.83 bits per heavy atom. The molecule has 180 valence electrons. The lowest BCUT2D eigenvalue weighted by molar-refractivity contribution is 0.101. The summed E-state index contributed by atoms with van der Waals surface area (Å²) in [6.07, 6.45) is 2.82. The Balaban J connectivity index is 1.62. The van der Waals surface area contributed by atoms with Gasteiger partial charge in [0.05, 0.1) is 23.4 Å². The molecule has 0 atom stereocenters. The van der Waals surface area contributed by atoms with E-state index < -0.39 is 15.9 Å². The van der Waals surface area contributed by atoms with Crippen LogP contribution in [0.15, 0.2) is 65.8 Å². The summed E-state index contributed by atoms with van der Waals surface area (Å²) >= 11 is 0. The normalized spacial score (nSPS) is 11.3. The van der Waals surface area contributed by atoms with Crippen LogP contribution in [0.1, 0.15) is 21.7 Å². The number of methoxy groups -OCH3 is 1. The molecule has 0 unspecified atom stereocenters. The van der Waals surface area contributed by atoms with Gasteiger partial charge in [-0.3, -0.25) is 10.1 Å². The second kappa shape index (κ2) is 9.62. The van der Waals surface area contributed by atoms with Crippen LogP contribution < -0.4 is 20.9 Å². The smallest absolute Gasteiger partial charge is 0.276 e. The van der Waals surface area contributed by atoms with Crippen LogP contribution in [0.5, 0.6) is 5.75 Å². The average Bonchev–Trinajstić information content (AvgIpc) is 3.25. The second-order valence-corrected chi connectivity index (χ2v) is 9.10. The molecule has 4 rings (SSSR count). The number of nitrogens with two attached hydrogens (primary N) is 2. The summed E-state index contributed by atoms with van der Waals surface area (Å²) < 4.78 is 30.5. The van der Waals surface area contributed by atoms with Gasteiger partial charge in [-0.05, 0) is 42.8 Å². The largest absolute Gasteiger partial charge is 0.497 e. The van der Waals surface area contributed by atoms with Crippen LogP contribution in [-0.2, 0) is 16.6 Å². The van der Waals surface area contributed by atoms with E-state index in [9.17, 15) is 13.2 Å². The number of primary sulfonamides is 1. The Morgan fingerprint density at radius 1 is 1.11 bits per heavy atom. The number of sulfonamides is 1. The van der Waals surface area contributed by atoms with Crippen molar-refractivity contribution in [2.75, 3.05) is 12.4 Å². The third-order valence-electron chi connectivity index (χ3n) is 5.18. The summed E-state index contributed by atoms with van der Waals surface area (Å²) in [5, 5.41) is 12.4. The summed E-state index contributed by atoms with van der Waals surface area (Å²) in [4.78, 5) is 21.4. The first kappa shape index (κ1) is 24.0. The maximum Gasteiger partial charge on any atom is 0.276 e. The lowest BCUT2D eigenvalue weighted by Gasteiger charge is -2.13. The number of amides is 1. The van der Waals surface area contributed by atoms with Crippen LogP contribution in [0, 0.1) is 6.92 Å². The first-order valence-electron chi connectivity index (χ1n) is 10.4. The molecule has 2 aromatic heterocycles. The molecule has 0 radical (unpaired) electrons. The van der Waals surface area contributed by atoms with Crippen molar-refractivity contribution >= 4 is 21.9 Å². The molecular formula is C23H23N7O4S. The highest BCUT2D eigenvalue weighted by Gasteiger charge is 2.19. The summed E-state index contributed by atoms with van der Waals surface area (Å²) in [7, 11) is -2.38. The minimum absolute atomic E-state index is 0.0334. The van der Waals surface area contributed by atoms with Gasteiger partial charge in [0.2, 0.25) is 16.0 Å². The molecule has 2 aromatic carbocycles. The first-order chi connectivity index (χ1) is 16.7. The zero-order valence-corrected chi connectivity index (χ0v) is 19.8. The van der Waals surface area contributed by atoms with Crippen LogP contribution in [0.3, 0.4) is 0 Å². The highest BCUT2D eigenvalue weighted by molar-refractivity contribution is 7.89. The fourth-order valence-electron chi connectivity index (χ4n) is 3.55. The number of nitrogens with zero attached hydrogens (tertiary/aromatic N) is 4. The SMILES string of the molecule is COc1ccc(-n2nc(C)cc2C(=O)Nc2ncc(-c3ccccc3S(N)(=O)=O)cn2)c(CN)c1. The first-order valence-corrected chi connectivity index (χ1v) is 12.0. The van der Waals surface area contributed by atoms with Gasteiger partial charge in [-0.2, -0.15) is 5.10 Å². The predicted molar refractivity (Wildman–Crippen MR) is 130 cm³/mol. The van der Waals surface area contributed by atoms with Crippen molar-refractivity contribution in [3.8, 4) is 22.6 Å². The Labute approximate surface area is 201 Å². The Bertz CT molecular complexity index is 1500. The zero-order valence-electron chi connectivity index (χ0n) is 19.0. The topological polar surface area (TPSA) is 168 Å².